The third-order valence-electron chi connectivity index (χ3n) is 6.23. The number of aryl methyl sites for hydroxylation is 1. The van der Waals surface area contributed by atoms with Gasteiger partial charge >= 0.3 is 0 Å². The molecule has 3 aromatic carbocycles. The normalized spacial score (nSPS) is 11.4. The van der Waals surface area contributed by atoms with E-state index in [0.717, 1.165) is 38.7 Å². The van der Waals surface area contributed by atoms with Gasteiger partial charge in [0.1, 0.15) is 4.83 Å². The first-order valence-corrected chi connectivity index (χ1v) is 12.0. The average molecular weight is 480 g/mol. The summed E-state index contributed by atoms with van der Waals surface area (Å²) in [5, 5.41) is 9.18. The van der Waals surface area contributed by atoms with Crippen molar-refractivity contribution in [2.24, 2.45) is 0 Å². The molecule has 0 aliphatic carbocycles. The second kappa shape index (κ2) is 8.21. The number of benzene rings is 3. The fourth-order valence-corrected chi connectivity index (χ4v) is 5.37. The minimum Gasteiger partial charge on any atom is -0.493 e. The zero-order valence-corrected chi connectivity index (χ0v) is 20.2. The Morgan fingerprint density at radius 3 is 2.31 bits per heavy atom. The van der Waals surface area contributed by atoms with Crippen molar-refractivity contribution in [3.05, 3.63) is 88.0 Å². The molecule has 0 fully saturated rings. The molecule has 0 amide bonds. The quantitative estimate of drug-likeness (QED) is 0.285. The Bertz CT molecular complexity index is 1800. The molecule has 6 rings (SSSR count). The Morgan fingerprint density at radius 1 is 0.857 bits per heavy atom. The van der Waals surface area contributed by atoms with E-state index in [4.69, 9.17) is 19.6 Å². The van der Waals surface area contributed by atoms with Crippen LogP contribution in [0.1, 0.15) is 5.56 Å². The summed E-state index contributed by atoms with van der Waals surface area (Å²) in [6.07, 6.45) is 0. The van der Waals surface area contributed by atoms with Crippen LogP contribution in [0.4, 0.5) is 0 Å². The lowest BCUT2D eigenvalue weighted by molar-refractivity contribution is 0.355. The molecule has 0 N–H and O–H groups in total. The summed E-state index contributed by atoms with van der Waals surface area (Å²) in [6, 6.07) is 21.8. The van der Waals surface area contributed by atoms with Crippen LogP contribution in [0.2, 0.25) is 0 Å². The van der Waals surface area contributed by atoms with Gasteiger partial charge in [0.25, 0.3) is 5.56 Å². The van der Waals surface area contributed by atoms with Gasteiger partial charge in [-0.1, -0.05) is 60.2 Å². The molecule has 35 heavy (non-hydrogen) atoms. The Morgan fingerprint density at radius 2 is 1.57 bits per heavy atom. The predicted octanol–water partition coefficient (Wildman–Crippen LogP) is 6.12. The highest BCUT2D eigenvalue weighted by atomic mass is 32.1. The molecule has 7 heteroatoms. The van der Waals surface area contributed by atoms with Crippen LogP contribution in [0.5, 0.6) is 11.5 Å². The topological polar surface area (TPSA) is 65.7 Å². The number of methoxy groups -OCH3 is 2. The van der Waals surface area contributed by atoms with Gasteiger partial charge in [0.15, 0.2) is 17.1 Å². The smallest absolute Gasteiger partial charge is 0.283 e. The lowest BCUT2D eigenvalue weighted by Crippen LogP contribution is -2.18. The second-order valence-corrected chi connectivity index (χ2v) is 9.17. The highest BCUT2D eigenvalue weighted by Crippen LogP contribution is 2.37. The molecule has 3 heterocycles. The zero-order chi connectivity index (χ0) is 24.1. The maximum absolute atomic E-state index is 13.9. The van der Waals surface area contributed by atoms with E-state index in [2.05, 4.69) is 0 Å². The van der Waals surface area contributed by atoms with Gasteiger partial charge in [0, 0.05) is 27.3 Å². The van der Waals surface area contributed by atoms with Crippen LogP contribution in [0.3, 0.4) is 0 Å². The van der Waals surface area contributed by atoms with Gasteiger partial charge in [-0.05, 0) is 24.6 Å². The number of nitrogens with zero attached hydrogens (tertiary/aromatic N) is 3. The van der Waals surface area contributed by atoms with E-state index in [1.807, 2.05) is 79.0 Å². The largest absolute Gasteiger partial charge is 0.493 e. The number of rotatable bonds is 4. The standard InChI is InChI=1S/C28H21N3O3S/c1-16-8-10-17(11-9-16)25-19-6-4-5-7-20(19)26-29-27-24(28(32)31(26)30-25)21(15-35-27)18-12-13-22(33-2)23(14-18)34-3/h4-15H,1-3H3. The van der Waals surface area contributed by atoms with E-state index < -0.39 is 0 Å². The molecular formula is C28H21N3O3S. The highest BCUT2D eigenvalue weighted by Gasteiger charge is 2.19. The van der Waals surface area contributed by atoms with Crippen molar-refractivity contribution < 1.29 is 9.47 Å². The van der Waals surface area contributed by atoms with Gasteiger partial charge in [-0.25, -0.2) is 4.98 Å². The Labute approximate surface area is 205 Å². The predicted molar refractivity (Wildman–Crippen MR) is 141 cm³/mol. The Balaban J connectivity index is 1.67. The van der Waals surface area contributed by atoms with Gasteiger partial charge in [0.05, 0.1) is 25.3 Å². The zero-order valence-electron chi connectivity index (χ0n) is 19.4. The minimum absolute atomic E-state index is 0.199. The molecular weight excluding hydrogens is 458 g/mol. The minimum atomic E-state index is -0.199. The summed E-state index contributed by atoms with van der Waals surface area (Å²) in [5.41, 5.74) is 4.87. The van der Waals surface area contributed by atoms with E-state index in [1.54, 1.807) is 14.2 Å². The average Bonchev–Trinajstić information content (AvgIpc) is 3.33. The SMILES string of the molecule is COc1ccc(-c2csc3nc4c5ccccc5c(-c5ccc(C)cc5)nn4c(=O)c23)cc1OC. The van der Waals surface area contributed by atoms with Crippen molar-refractivity contribution in [3.63, 3.8) is 0 Å². The van der Waals surface area contributed by atoms with Crippen molar-refractivity contribution in [2.75, 3.05) is 14.2 Å². The van der Waals surface area contributed by atoms with Gasteiger partial charge in [-0.15, -0.1) is 11.3 Å². The van der Waals surface area contributed by atoms with E-state index in [9.17, 15) is 4.79 Å². The summed E-state index contributed by atoms with van der Waals surface area (Å²) in [5.74, 6) is 1.23. The molecule has 0 bridgehead atoms. The van der Waals surface area contributed by atoms with Crippen molar-refractivity contribution in [3.8, 4) is 33.9 Å². The number of hydrogen-bond donors (Lipinski definition) is 0. The maximum Gasteiger partial charge on any atom is 0.283 e. The van der Waals surface area contributed by atoms with Crippen LogP contribution in [-0.4, -0.2) is 28.8 Å². The fourth-order valence-electron chi connectivity index (χ4n) is 4.43. The first-order valence-electron chi connectivity index (χ1n) is 11.1. The van der Waals surface area contributed by atoms with Gasteiger partial charge in [-0.2, -0.15) is 9.61 Å². The monoisotopic (exact) mass is 479 g/mol. The molecule has 0 atom stereocenters. The van der Waals surface area contributed by atoms with Crippen LogP contribution >= 0.6 is 11.3 Å². The number of ether oxygens (including phenoxy) is 2. The van der Waals surface area contributed by atoms with Gasteiger partial charge in [0.2, 0.25) is 0 Å². The van der Waals surface area contributed by atoms with Gasteiger partial charge < -0.3 is 9.47 Å². The van der Waals surface area contributed by atoms with Crippen molar-refractivity contribution >= 4 is 38.0 Å². The lowest BCUT2D eigenvalue weighted by Gasteiger charge is -2.11. The van der Waals surface area contributed by atoms with E-state index >= 15 is 0 Å². The Kier molecular flexibility index (Phi) is 5.00. The fraction of sp³-hybridized carbons (Fsp3) is 0.107. The number of fused-ring (bicyclic) bond motifs is 4. The molecule has 0 aliphatic rings. The molecule has 0 saturated carbocycles. The number of thiophene rings is 1. The summed E-state index contributed by atoms with van der Waals surface area (Å²) in [4.78, 5) is 19.5. The summed E-state index contributed by atoms with van der Waals surface area (Å²) >= 11 is 1.45. The summed E-state index contributed by atoms with van der Waals surface area (Å²) in [7, 11) is 3.19. The van der Waals surface area contributed by atoms with Gasteiger partial charge in [-0.3, -0.25) is 4.79 Å². The number of hydrogen-bond acceptors (Lipinski definition) is 6. The first-order chi connectivity index (χ1) is 17.1. The lowest BCUT2D eigenvalue weighted by atomic mass is 10.0. The van der Waals surface area contributed by atoms with Crippen LogP contribution < -0.4 is 15.0 Å². The number of aromatic nitrogens is 3. The molecule has 3 aromatic heterocycles. The van der Waals surface area contributed by atoms with E-state index in [1.165, 1.54) is 15.9 Å². The maximum atomic E-state index is 13.9. The van der Waals surface area contributed by atoms with Crippen molar-refractivity contribution in [2.45, 2.75) is 6.92 Å². The molecule has 0 aliphatic heterocycles. The molecule has 6 nitrogen and oxygen atoms in total. The third-order valence-corrected chi connectivity index (χ3v) is 7.10. The second-order valence-electron chi connectivity index (χ2n) is 8.31. The molecule has 0 saturated heterocycles. The molecule has 0 unspecified atom stereocenters. The summed E-state index contributed by atoms with van der Waals surface area (Å²) in [6.45, 7) is 2.05. The van der Waals surface area contributed by atoms with Crippen LogP contribution in [-0.2, 0) is 0 Å². The van der Waals surface area contributed by atoms with Crippen molar-refractivity contribution in [1.82, 2.24) is 14.6 Å². The van der Waals surface area contributed by atoms with Crippen LogP contribution in [0, 0.1) is 6.92 Å². The highest BCUT2D eigenvalue weighted by molar-refractivity contribution is 7.17. The Hall–Kier alpha value is -4.23. The molecule has 172 valence electrons. The van der Waals surface area contributed by atoms with E-state index in [0.29, 0.717) is 27.4 Å². The molecule has 0 spiro atoms. The van der Waals surface area contributed by atoms with Crippen LogP contribution in [0.25, 0.3) is 49.0 Å². The van der Waals surface area contributed by atoms with Crippen LogP contribution in [0.15, 0.2) is 76.9 Å². The third kappa shape index (κ3) is 3.35. The summed E-state index contributed by atoms with van der Waals surface area (Å²) < 4.78 is 12.3. The molecule has 0 radical (unpaired) electrons. The molecule has 6 aromatic rings. The first kappa shape index (κ1) is 21.3. The van der Waals surface area contributed by atoms with E-state index in [-0.39, 0.29) is 5.56 Å². The van der Waals surface area contributed by atoms with Crippen molar-refractivity contribution in [1.29, 1.82) is 0 Å².